The lowest BCUT2D eigenvalue weighted by Crippen LogP contribution is -2.18. The minimum atomic E-state index is -4.68. The van der Waals surface area contributed by atoms with Crippen LogP contribution in [0.3, 0.4) is 0 Å². The highest BCUT2D eigenvalue weighted by Crippen LogP contribution is 2.29. The fourth-order valence-electron chi connectivity index (χ4n) is 1.99. The van der Waals surface area contributed by atoms with E-state index in [2.05, 4.69) is 10.1 Å². The molecule has 0 saturated carbocycles. The fraction of sp³-hybridized carbons (Fsp3) is 0.250. The topological polar surface area (TPSA) is 21.3 Å². The van der Waals surface area contributed by atoms with Crippen molar-refractivity contribution >= 4 is 5.69 Å². The van der Waals surface area contributed by atoms with Gasteiger partial charge in [-0.25, -0.2) is 0 Å². The third kappa shape index (κ3) is 5.38. The summed E-state index contributed by atoms with van der Waals surface area (Å²) in [5.41, 5.74) is 1.56. The summed E-state index contributed by atoms with van der Waals surface area (Å²) in [4.78, 5) is 0. The summed E-state index contributed by atoms with van der Waals surface area (Å²) in [6.07, 6.45) is -2.98. The zero-order chi connectivity index (χ0) is 15.1. The molecule has 0 unspecified atom stereocenters. The summed E-state index contributed by atoms with van der Waals surface area (Å²) in [7, 11) is 0. The van der Waals surface area contributed by atoms with Crippen LogP contribution in [0, 0.1) is 0 Å². The Morgan fingerprint density at radius 2 is 1.57 bits per heavy atom. The number of hydrogen-bond acceptors (Lipinski definition) is 2. The van der Waals surface area contributed by atoms with Gasteiger partial charge in [0, 0.05) is 6.54 Å². The first kappa shape index (κ1) is 15.2. The second-order valence-corrected chi connectivity index (χ2v) is 4.56. The predicted octanol–water partition coefficient (Wildman–Crippen LogP) is 4.63. The predicted molar refractivity (Wildman–Crippen MR) is 76.4 cm³/mol. The van der Waals surface area contributed by atoms with Crippen molar-refractivity contribution in [2.75, 3.05) is 11.9 Å². The number of benzene rings is 2. The van der Waals surface area contributed by atoms with Gasteiger partial charge in [0.05, 0.1) is 5.69 Å². The highest BCUT2D eigenvalue weighted by atomic mass is 19.4. The largest absolute Gasteiger partial charge is 0.573 e. The molecule has 0 aliphatic rings. The van der Waals surface area contributed by atoms with Gasteiger partial charge in [0.25, 0.3) is 0 Å². The van der Waals surface area contributed by atoms with Crippen molar-refractivity contribution in [3.63, 3.8) is 0 Å². The van der Waals surface area contributed by atoms with E-state index in [9.17, 15) is 13.2 Å². The number of ether oxygens (including phenoxy) is 1. The van der Waals surface area contributed by atoms with Crippen LogP contribution in [0.15, 0.2) is 54.6 Å². The van der Waals surface area contributed by atoms with Gasteiger partial charge in [-0.1, -0.05) is 42.5 Å². The van der Waals surface area contributed by atoms with Crippen LogP contribution >= 0.6 is 0 Å². The Labute approximate surface area is 121 Å². The minimum Gasteiger partial charge on any atom is -0.404 e. The van der Waals surface area contributed by atoms with Crippen molar-refractivity contribution in [3.8, 4) is 5.75 Å². The van der Waals surface area contributed by atoms with Crippen LogP contribution in [0.25, 0.3) is 0 Å². The van der Waals surface area contributed by atoms with E-state index < -0.39 is 6.36 Å². The van der Waals surface area contributed by atoms with E-state index in [1.807, 2.05) is 30.3 Å². The SMILES string of the molecule is FC(F)(F)Oc1ccccc1NCCCc1ccccc1. The number of alkyl halides is 3. The molecule has 2 aromatic rings. The van der Waals surface area contributed by atoms with Crippen LogP contribution in [0.1, 0.15) is 12.0 Å². The molecule has 0 bridgehead atoms. The van der Waals surface area contributed by atoms with Gasteiger partial charge in [-0.3, -0.25) is 0 Å². The Hall–Kier alpha value is -2.17. The van der Waals surface area contributed by atoms with Crippen LogP contribution < -0.4 is 10.1 Å². The molecule has 0 fully saturated rings. The standard InChI is InChI=1S/C16H16F3NO/c17-16(18,19)21-15-11-5-4-10-14(15)20-12-6-9-13-7-2-1-3-8-13/h1-5,7-8,10-11,20H,6,9,12H2. The Morgan fingerprint density at radius 3 is 2.29 bits per heavy atom. The first-order valence-corrected chi connectivity index (χ1v) is 6.67. The zero-order valence-electron chi connectivity index (χ0n) is 11.4. The van der Waals surface area contributed by atoms with Crippen molar-refractivity contribution in [1.82, 2.24) is 0 Å². The van der Waals surface area contributed by atoms with E-state index in [-0.39, 0.29) is 5.75 Å². The Bertz CT molecular complexity index is 555. The number of nitrogens with one attached hydrogen (secondary N) is 1. The number of hydrogen-bond donors (Lipinski definition) is 1. The molecule has 2 nitrogen and oxygen atoms in total. The Morgan fingerprint density at radius 1 is 0.905 bits per heavy atom. The average molecular weight is 295 g/mol. The Balaban J connectivity index is 1.86. The van der Waals surface area contributed by atoms with Crippen LogP contribution in [-0.4, -0.2) is 12.9 Å². The molecule has 0 spiro atoms. The number of aryl methyl sites for hydroxylation is 1. The lowest BCUT2D eigenvalue weighted by molar-refractivity contribution is -0.274. The van der Waals surface area contributed by atoms with Gasteiger partial charge in [0.15, 0.2) is 5.75 Å². The molecule has 0 aliphatic carbocycles. The number of halogens is 3. The maximum Gasteiger partial charge on any atom is 0.573 e. The number of rotatable bonds is 6. The summed E-state index contributed by atoms with van der Waals surface area (Å²) >= 11 is 0. The normalized spacial score (nSPS) is 11.2. The molecule has 0 aromatic heterocycles. The van der Waals surface area contributed by atoms with Gasteiger partial charge in [-0.05, 0) is 30.5 Å². The first-order valence-electron chi connectivity index (χ1n) is 6.67. The molecule has 0 heterocycles. The van der Waals surface area contributed by atoms with Crippen molar-refractivity contribution in [3.05, 3.63) is 60.2 Å². The first-order chi connectivity index (χ1) is 10.0. The van der Waals surface area contributed by atoms with Crippen LogP contribution in [0.4, 0.5) is 18.9 Å². The molecule has 21 heavy (non-hydrogen) atoms. The van der Waals surface area contributed by atoms with Crippen LogP contribution in [0.5, 0.6) is 5.75 Å². The molecule has 0 saturated heterocycles. The molecular weight excluding hydrogens is 279 g/mol. The van der Waals surface area contributed by atoms with Gasteiger partial charge in [-0.15, -0.1) is 13.2 Å². The number of para-hydroxylation sites is 2. The third-order valence-corrected chi connectivity index (χ3v) is 2.91. The van der Waals surface area contributed by atoms with Gasteiger partial charge < -0.3 is 10.1 Å². The van der Waals surface area contributed by atoms with E-state index >= 15 is 0 Å². The monoisotopic (exact) mass is 295 g/mol. The molecule has 2 aromatic carbocycles. The summed E-state index contributed by atoms with van der Waals surface area (Å²) in [6, 6.07) is 16.0. The molecule has 1 N–H and O–H groups in total. The van der Waals surface area contributed by atoms with Crippen molar-refractivity contribution in [2.45, 2.75) is 19.2 Å². The van der Waals surface area contributed by atoms with Crippen molar-refractivity contribution in [2.24, 2.45) is 0 Å². The van der Waals surface area contributed by atoms with E-state index in [0.717, 1.165) is 12.8 Å². The summed E-state index contributed by atoms with van der Waals surface area (Å²) in [6.45, 7) is 0.577. The average Bonchev–Trinajstić information content (AvgIpc) is 2.45. The molecule has 0 atom stereocenters. The van der Waals surface area contributed by atoms with Gasteiger partial charge in [0.2, 0.25) is 0 Å². The highest BCUT2D eigenvalue weighted by molar-refractivity contribution is 5.56. The van der Waals surface area contributed by atoms with E-state index in [0.29, 0.717) is 12.2 Å². The van der Waals surface area contributed by atoms with E-state index in [1.165, 1.54) is 17.7 Å². The second kappa shape index (κ2) is 7.02. The molecule has 0 radical (unpaired) electrons. The molecule has 0 aliphatic heterocycles. The van der Waals surface area contributed by atoms with Gasteiger partial charge in [0.1, 0.15) is 0 Å². The smallest absolute Gasteiger partial charge is 0.404 e. The number of anilines is 1. The fourth-order valence-corrected chi connectivity index (χ4v) is 1.99. The maximum absolute atomic E-state index is 12.3. The minimum absolute atomic E-state index is 0.204. The molecule has 0 amide bonds. The van der Waals surface area contributed by atoms with Crippen LogP contribution in [-0.2, 0) is 6.42 Å². The van der Waals surface area contributed by atoms with Gasteiger partial charge in [-0.2, -0.15) is 0 Å². The summed E-state index contributed by atoms with van der Waals surface area (Å²) in [5.74, 6) is -0.204. The lowest BCUT2D eigenvalue weighted by Gasteiger charge is -2.14. The quantitative estimate of drug-likeness (QED) is 0.784. The maximum atomic E-state index is 12.3. The molecular formula is C16H16F3NO. The highest BCUT2D eigenvalue weighted by Gasteiger charge is 2.31. The van der Waals surface area contributed by atoms with Crippen molar-refractivity contribution < 1.29 is 17.9 Å². The van der Waals surface area contributed by atoms with E-state index in [4.69, 9.17) is 0 Å². The van der Waals surface area contributed by atoms with Gasteiger partial charge >= 0.3 is 6.36 Å². The summed E-state index contributed by atoms with van der Waals surface area (Å²) in [5, 5.41) is 2.98. The zero-order valence-corrected chi connectivity index (χ0v) is 11.4. The molecule has 5 heteroatoms. The molecule has 2 rings (SSSR count). The van der Waals surface area contributed by atoms with E-state index in [1.54, 1.807) is 12.1 Å². The third-order valence-electron chi connectivity index (χ3n) is 2.91. The summed E-state index contributed by atoms with van der Waals surface area (Å²) < 4.78 is 40.8. The Kier molecular flexibility index (Phi) is 5.09. The van der Waals surface area contributed by atoms with Crippen molar-refractivity contribution in [1.29, 1.82) is 0 Å². The van der Waals surface area contributed by atoms with Crippen LogP contribution in [0.2, 0.25) is 0 Å². The lowest BCUT2D eigenvalue weighted by atomic mass is 10.1. The second-order valence-electron chi connectivity index (χ2n) is 4.56. The molecule has 112 valence electrons.